The van der Waals surface area contributed by atoms with E-state index in [1.165, 1.54) is 0 Å². The largest absolute Gasteiger partial charge is 0.355 e. The summed E-state index contributed by atoms with van der Waals surface area (Å²) in [6.45, 7) is 2.22. The molecule has 0 unspecified atom stereocenters. The van der Waals surface area contributed by atoms with Gasteiger partial charge in [0, 0.05) is 17.3 Å². The molecule has 0 saturated carbocycles. The number of nitrogens with zero attached hydrogens (tertiary/aromatic N) is 2. The van der Waals surface area contributed by atoms with Crippen molar-refractivity contribution >= 4 is 40.3 Å². The molecule has 0 aliphatic carbocycles. The van der Waals surface area contributed by atoms with Crippen molar-refractivity contribution in [2.45, 2.75) is 6.92 Å². The molecule has 4 aromatic rings. The van der Waals surface area contributed by atoms with Gasteiger partial charge in [-0.25, -0.2) is 0 Å². The van der Waals surface area contributed by atoms with Gasteiger partial charge in [0.1, 0.15) is 0 Å². The third-order valence-corrected chi connectivity index (χ3v) is 4.74. The summed E-state index contributed by atoms with van der Waals surface area (Å²) in [7, 11) is 0. The zero-order chi connectivity index (χ0) is 21.6. The standard InChI is InChI=1S/C25H21N5O/c1-3-13-27-25(31)21-6-4-5-7-22(21)28-19-8-10-20-23(29-30-24(20)16-19)11-9-18-15-17(2)12-14-26-18/h1,4-12,14-16,28H,13H2,2H3,(H,27,31)(H,29,30). The summed E-state index contributed by atoms with van der Waals surface area (Å²) in [5.41, 5.74) is 5.82. The first-order chi connectivity index (χ1) is 15.1. The molecule has 0 spiro atoms. The predicted octanol–water partition coefficient (Wildman–Crippen LogP) is 4.54. The van der Waals surface area contributed by atoms with E-state index in [0.717, 1.165) is 33.5 Å². The van der Waals surface area contributed by atoms with Gasteiger partial charge in [-0.3, -0.25) is 14.9 Å². The number of amides is 1. The number of pyridine rings is 1. The Kier molecular flexibility index (Phi) is 5.77. The molecule has 6 heteroatoms. The normalized spacial score (nSPS) is 10.8. The van der Waals surface area contributed by atoms with E-state index in [-0.39, 0.29) is 12.5 Å². The second kappa shape index (κ2) is 8.97. The predicted molar refractivity (Wildman–Crippen MR) is 125 cm³/mol. The number of aromatic nitrogens is 3. The minimum atomic E-state index is -0.221. The molecule has 0 saturated heterocycles. The van der Waals surface area contributed by atoms with Crippen molar-refractivity contribution in [3.63, 3.8) is 0 Å². The fourth-order valence-electron chi connectivity index (χ4n) is 3.23. The van der Waals surface area contributed by atoms with Crippen LogP contribution in [0.5, 0.6) is 0 Å². The SMILES string of the molecule is C#CCNC(=O)c1ccccc1Nc1ccc2c(C=Cc3cc(C)ccn3)n[nH]c2c1. The van der Waals surface area contributed by atoms with E-state index < -0.39 is 0 Å². The van der Waals surface area contributed by atoms with Crippen LogP contribution >= 0.6 is 0 Å². The zero-order valence-corrected chi connectivity index (χ0v) is 17.0. The van der Waals surface area contributed by atoms with Gasteiger partial charge < -0.3 is 10.6 Å². The number of rotatable bonds is 6. The Labute approximate surface area is 180 Å². The topological polar surface area (TPSA) is 82.7 Å². The van der Waals surface area contributed by atoms with E-state index in [1.54, 1.807) is 12.3 Å². The van der Waals surface area contributed by atoms with Crippen LogP contribution in [-0.4, -0.2) is 27.6 Å². The van der Waals surface area contributed by atoms with E-state index in [1.807, 2.05) is 67.6 Å². The summed E-state index contributed by atoms with van der Waals surface area (Å²) in [5, 5.41) is 14.5. The average Bonchev–Trinajstić information content (AvgIpc) is 3.19. The summed E-state index contributed by atoms with van der Waals surface area (Å²) >= 11 is 0. The Morgan fingerprint density at radius 3 is 2.87 bits per heavy atom. The van der Waals surface area contributed by atoms with Crippen LogP contribution in [-0.2, 0) is 0 Å². The minimum absolute atomic E-state index is 0.182. The van der Waals surface area contributed by atoms with Gasteiger partial charge in [-0.05, 0) is 67.1 Å². The fraction of sp³-hybridized carbons (Fsp3) is 0.0800. The van der Waals surface area contributed by atoms with Crippen LogP contribution in [0.3, 0.4) is 0 Å². The molecule has 1 amide bonds. The second-order valence-electron chi connectivity index (χ2n) is 7.02. The highest BCUT2D eigenvalue weighted by Crippen LogP contribution is 2.26. The fourth-order valence-corrected chi connectivity index (χ4v) is 3.23. The Morgan fingerprint density at radius 1 is 1.16 bits per heavy atom. The van der Waals surface area contributed by atoms with Crippen LogP contribution in [0.25, 0.3) is 23.1 Å². The molecular formula is C25H21N5O. The number of H-pyrrole nitrogens is 1. The number of carbonyl (C=O) groups is 1. The summed E-state index contributed by atoms with van der Waals surface area (Å²) < 4.78 is 0. The number of anilines is 2. The Balaban J connectivity index is 1.57. The first kappa shape index (κ1) is 19.9. The maximum Gasteiger partial charge on any atom is 0.254 e. The summed E-state index contributed by atoms with van der Waals surface area (Å²) in [6, 6.07) is 17.2. The monoisotopic (exact) mass is 407 g/mol. The van der Waals surface area contributed by atoms with E-state index >= 15 is 0 Å². The summed E-state index contributed by atoms with van der Waals surface area (Å²) in [5.74, 6) is 2.19. The van der Waals surface area contributed by atoms with Crippen LogP contribution in [0.4, 0.5) is 11.4 Å². The lowest BCUT2D eigenvalue weighted by atomic mass is 10.1. The molecule has 0 fully saturated rings. The number of aromatic amines is 1. The van der Waals surface area contributed by atoms with Crippen LogP contribution in [0.2, 0.25) is 0 Å². The number of carbonyl (C=O) groups excluding carboxylic acids is 1. The Hall–Kier alpha value is -4.37. The smallest absolute Gasteiger partial charge is 0.254 e. The van der Waals surface area contributed by atoms with Crippen molar-refractivity contribution in [3.8, 4) is 12.3 Å². The van der Waals surface area contributed by atoms with Crippen LogP contribution in [0.15, 0.2) is 60.8 Å². The number of fused-ring (bicyclic) bond motifs is 1. The zero-order valence-electron chi connectivity index (χ0n) is 17.0. The van der Waals surface area contributed by atoms with Crippen LogP contribution in [0, 0.1) is 19.3 Å². The summed E-state index contributed by atoms with van der Waals surface area (Å²) in [6.07, 6.45) is 10.9. The lowest BCUT2D eigenvalue weighted by molar-refractivity contribution is 0.0959. The quantitative estimate of drug-likeness (QED) is 0.410. The molecule has 2 heterocycles. The number of hydrogen-bond donors (Lipinski definition) is 3. The molecular weight excluding hydrogens is 386 g/mol. The first-order valence-electron chi connectivity index (χ1n) is 9.80. The van der Waals surface area contributed by atoms with E-state index in [4.69, 9.17) is 6.42 Å². The van der Waals surface area contributed by atoms with Gasteiger partial charge in [-0.15, -0.1) is 6.42 Å². The maximum absolute atomic E-state index is 12.4. The van der Waals surface area contributed by atoms with E-state index in [9.17, 15) is 4.79 Å². The van der Waals surface area contributed by atoms with Crippen molar-refractivity contribution in [3.05, 3.63) is 83.3 Å². The molecule has 0 atom stereocenters. The average molecular weight is 407 g/mol. The highest BCUT2D eigenvalue weighted by Gasteiger charge is 2.11. The molecule has 0 aliphatic heterocycles. The van der Waals surface area contributed by atoms with Crippen molar-refractivity contribution in [1.29, 1.82) is 0 Å². The van der Waals surface area contributed by atoms with Gasteiger partial charge in [0.15, 0.2) is 0 Å². The molecule has 2 aromatic carbocycles. The second-order valence-corrected chi connectivity index (χ2v) is 7.02. The number of para-hydroxylation sites is 1. The summed E-state index contributed by atoms with van der Waals surface area (Å²) in [4.78, 5) is 16.7. The van der Waals surface area contributed by atoms with Crippen LogP contribution < -0.4 is 10.6 Å². The molecule has 3 N–H and O–H groups in total. The number of nitrogens with one attached hydrogen (secondary N) is 3. The van der Waals surface area contributed by atoms with Gasteiger partial charge in [-0.2, -0.15) is 5.10 Å². The van der Waals surface area contributed by atoms with Crippen molar-refractivity contribution in [2.75, 3.05) is 11.9 Å². The maximum atomic E-state index is 12.4. The first-order valence-corrected chi connectivity index (χ1v) is 9.80. The molecule has 152 valence electrons. The Morgan fingerprint density at radius 2 is 2.03 bits per heavy atom. The molecule has 6 nitrogen and oxygen atoms in total. The van der Waals surface area contributed by atoms with Crippen molar-refractivity contribution in [1.82, 2.24) is 20.5 Å². The number of terminal acetylenes is 1. The van der Waals surface area contributed by atoms with E-state index in [0.29, 0.717) is 11.3 Å². The highest BCUT2D eigenvalue weighted by atomic mass is 16.1. The van der Waals surface area contributed by atoms with Gasteiger partial charge >= 0.3 is 0 Å². The molecule has 31 heavy (non-hydrogen) atoms. The van der Waals surface area contributed by atoms with Gasteiger partial charge in [0.2, 0.25) is 0 Å². The van der Waals surface area contributed by atoms with E-state index in [2.05, 4.69) is 31.7 Å². The van der Waals surface area contributed by atoms with Crippen LogP contribution in [0.1, 0.15) is 27.3 Å². The molecule has 4 rings (SSSR count). The number of aryl methyl sites for hydroxylation is 1. The van der Waals surface area contributed by atoms with Gasteiger partial charge in [-0.1, -0.05) is 18.1 Å². The highest BCUT2D eigenvalue weighted by molar-refractivity contribution is 6.00. The number of benzene rings is 2. The minimum Gasteiger partial charge on any atom is -0.355 e. The lowest BCUT2D eigenvalue weighted by Crippen LogP contribution is -2.24. The van der Waals surface area contributed by atoms with Gasteiger partial charge in [0.25, 0.3) is 5.91 Å². The lowest BCUT2D eigenvalue weighted by Gasteiger charge is -2.11. The Bertz CT molecular complexity index is 1310. The third kappa shape index (κ3) is 4.62. The third-order valence-electron chi connectivity index (χ3n) is 4.74. The molecule has 2 aromatic heterocycles. The molecule has 0 radical (unpaired) electrons. The van der Waals surface area contributed by atoms with Crippen molar-refractivity contribution in [2.24, 2.45) is 0 Å². The number of hydrogen-bond acceptors (Lipinski definition) is 4. The molecule has 0 bridgehead atoms. The molecule has 0 aliphatic rings. The van der Waals surface area contributed by atoms with Gasteiger partial charge in [0.05, 0.1) is 34.7 Å². The van der Waals surface area contributed by atoms with Crippen molar-refractivity contribution < 1.29 is 4.79 Å².